The first kappa shape index (κ1) is 17.0. The molecule has 0 amide bonds. The maximum atomic E-state index is 11.4. The molecule has 3 aromatic rings. The van der Waals surface area contributed by atoms with Crippen molar-refractivity contribution in [3.63, 3.8) is 0 Å². The summed E-state index contributed by atoms with van der Waals surface area (Å²) in [7, 11) is 0. The number of pyridine rings is 2. The lowest BCUT2D eigenvalue weighted by molar-refractivity contribution is -0.384. The van der Waals surface area contributed by atoms with Crippen LogP contribution in [0.3, 0.4) is 0 Å². The van der Waals surface area contributed by atoms with E-state index in [1.165, 1.54) is 0 Å². The summed E-state index contributed by atoms with van der Waals surface area (Å²) in [6.07, 6.45) is 3.59. The smallest absolute Gasteiger partial charge is 0.295 e. The fraction of sp³-hybridized carbons (Fsp3) is 0.200. The number of anilines is 2. The molecule has 0 saturated carbocycles. The lowest BCUT2D eigenvalue weighted by atomic mass is 10.1. The van der Waals surface area contributed by atoms with E-state index >= 15 is 0 Å². The van der Waals surface area contributed by atoms with E-state index in [2.05, 4.69) is 19.8 Å². The van der Waals surface area contributed by atoms with Gasteiger partial charge < -0.3 is 9.80 Å². The Balaban J connectivity index is 1.57. The molecule has 0 spiro atoms. The van der Waals surface area contributed by atoms with Crippen LogP contribution in [0.5, 0.6) is 0 Å². The van der Waals surface area contributed by atoms with Gasteiger partial charge in [-0.25, -0.2) is 4.98 Å². The van der Waals surface area contributed by atoms with Gasteiger partial charge in [0.25, 0.3) is 5.69 Å². The third kappa shape index (κ3) is 3.57. The Hall–Kier alpha value is -3.48. The summed E-state index contributed by atoms with van der Waals surface area (Å²) in [6, 6.07) is 16.6. The molecule has 0 aliphatic carbocycles. The Labute approximate surface area is 157 Å². The van der Waals surface area contributed by atoms with Crippen molar-refractivity contribution in [1.82, 2.24) is 9.97 Å². The van der Waals surface area contributed by atoms with Crippen molar-refractivity contribution in [3.8, 4) is 11.3 Å². The number of aromatic nitrogens is 2. The van der Waals surface area contributed by atoms with Crippen molar-refractivity contribution in [2.75, 3.05) is 36.0 Å². The second-order valence-corrected chi connectivity index (χ2v) is 6.34. The second kappa shape index (κ2) is 7.41. The summed E-state index contributed by atoms with van der Waals surface area (Å²) in [4.78, 5) is 24.2. The molecule has 0 unspecified atom stereocenters. The standard InChI is InChI=1S/C20H19N5O2/c26-25(27)18-6-7-19(22-20(18)16-4-2-1-3-5-16)24-14-12-23(13-15-24)17-8-10-21-11-9-17/h1-11H,12-15H2. The Bertz CT molecular complexity index is 926. The minimum Gasteiger partial charge on any atom is -0.368 e. The molecule has 1 aliphatic heterocycles. The highest BCUT2D eigenvalue weighted by Crippen LogP contribution is 2.30. The Morgan fingerprint density at radius 3 is 2.19 bits per heavy atom. The summed E-state index contributed by atoms with van der Waals surface area (Å²) in [5.41, 5.74) is 2.35. The van der Waals surface area contributed by atoms with Crippen LogP contribution < -0.4 is 9.80 Å². The molecule has 7 nitrogen and oxygen atoms in total. The van der Waals surface area contributed by atoms with Crippen molar-refractivity contribution in [2.24, 2.45) is 0 Å². The summed E-state index contributed by atoms with van der Waals surface area (Å²) >= 11 is 0. The fourth-order valence-corrected chi connectivity index (χ4v) is 3.32. The first-order valence-electron chi connectivity index (χ1n) is 8.83. The van der Waals surface area contributed by atoms with Crippen LogP contribution in [0, 0.1) is 10.1 Å². The average molecular weight is 361 g/mol. The van der Waals surface area contributed by atoms with Gasteiger partial charge in [-0.2, -0.15) is 0 Å². The Morgan fingerprint density at radius 1 is 0.852 bits per heavy atom. The van der Waals surface area contributed by atoms with E-state index in [0.717, 1.165) is 43.2 Å². The molecule has 0 atom stereocenters. The topological polar surface area (TPSA) is 75.4 Å². The van der Waals surface area contributed by atoms with E-state index in [1.807, 2.05) is 42.5 Å². The summed E-state index contributed by atoms with van der Waals surface area (Å²) in [6.45, 7) is 3.34. The van der Waals surface area contributed by atoms with Crippen LogP contribution in [0.4, 0.5) is 17.2 Å². The van der Waals surface area contributed by atoms with E-state index in [4.69, 9.17) is 0 Å². The second-order valence-electron chi connectivity index (χ2n) is 6.34. The normalized spacial score (nSPS) is 14.2. The highest BCUT2D eigenvalue weighted by atomic mass is 16.6. The first-order chi connectivity index (χ1) is 13.2. The van der Waals surface area contributed by atoms with E-state index in [-0.39, 0.29) is 10.6 Å². The molecular weight excluding hydrogens is 342 g/mol. The van der Waals surface area contributed by atoms with Gasteiger partial charge in [-0.3, -0.25) is 15.1 Å². The van der Waals surface area contributed by atoms with Crippen LogP contribution in [-0.2, 0) is 0 Å². The summed E-state index contributed by atoms with van der Waals surface area (Å²) < 4.78 is 0. The van der Waals surface area contributed by atoms with E-state index < -0.39 is 0 Å². The van der Waals surface area contributed by atoms with Gasteiger partial charge in [0.15, 0.2) is 5.69 Å². The lowest BCUT2D eigenvalue weighted by Crippen LogP contribution is -2.46. The molecule has 0 N–H and O–H groups in total. The van der Waals surface area contributed by atoms with Gasteiger partial charge in [0.05, 0.1) is 4.92 Å². The molecule has 0 radical (unpaired) electrons. The SMILES string of the molecule is O=[N+]([O-])c1ccc(N2CCN(c3ccncc3)CC2)nc1-c1ccccc1. The Morgan fingerprint density at radius 2 is 1.52 bits per heavy atom. The van der Waals surface area contributed by atoms with Crippen LogP contribution in [0.1, 0.15) is 0 Å². The van der Waals surface area contributed by atoms with Gasteiger partial charge in [0, 0.05) is 55.9 Å². The number of hydrogen-bond donors (Lipinski definition) is 0. The van der Waals surface area contributed by atoms with Crippen molar-refractivity contribution >= 4 is 17.2 Å². The van der Waals surface area contributed by atoms with Gasteiger partial charge in [-0.15, -0.1) is 0 Å². The van der Waals surface area contributed by atoms with Crippen molar-refractivity contribution in [2.45, 2.75) is 0 Å². The number of nitro groups is 1. The maximum absolute atomic E-state index is 11.4. The maximum Gasteiger partial charge on any atom is 0.295 e. The molecule has 1 fully saturated rings. The van der Waals surface area contributed by atoms with Gasteiger partial charge >= 0.3 is 0 Å². The zero-order valence-electron chi connectivity index (χ0n) is 14.7. The van der Waals surface area contributed by atoms with Gasteiger partial charge in [-0.05, 0) is 18.2 Å². The van der Waals surface area contributed by atoms with Gasteiger partial charge in [0.2, 0.25) is 0 Å². The third-order valence-corrected chi connectivity index (χ3v) is 4.73. The van der Waals surface area contributed by atoms with Crippen LogP contribution in [0.15, 0.2) is 67.0 Å². The number of benzene rings is 1. The van der Waals surface area contributed by atoms with Crippen LogP contribution >= 0.6 is 0 Å². The summed E-state index contributed by atoms with van der Waals surface area (Å²) in [5, 5.41) is 11.4. The number of nitrogens with zero attached hydrogens (tertiary/aromatic N) is 5. The van der Waals surface area contributed by atoms with Crippen molar-refractivity contribution in [1.29, 1.82) is 0 Å². The average Bonchev–Trinajstić information content (AvgIpc) is 2.74. The van der Waals surface area contributed by atoms with Crippen LogP contribution in [-0.4, -0.2) is 41.1 Å². The summed E-state index contributed by atoms with van der Waals surface area (Å²) in [5.74, 6) is 0.772. The number of rotatable bonds is 4. The first-order valence-corrected chi connectivity index (χ1v) is 8.83. The third-order valence-electron chi connectivity index (χ3n) is 4.73. The van der Waals surface area contributed by atoms with Crippen molar-refractivity contribution in [3.05, 3.63) is 77.1 Å². The molecule has 1 aliphatic rings. The van der Waals surface area contributed by atoms with Gasteiger partial charge in [0.1, 0.15) is 5.82 Å². The predicted molar refractivity (Wildman–Crippen MR) is 105 cm³/mol. The molecule has 7 heteroatoms. The highest BCUT2D eigenvalue weighted by molar-refractivity contribution is 5.71. The van der Waals surface area contributed by atoms with E-state index in [9.17, 15) is 10.1 Å². The van der Waals surface area contributed by atoms with E-state index in [0.29, 0.717) is 5.69 Å². The van der Waals surface area contributed by atoms with Crippen LogP contribution in [0.25, 0.3) is 11.3 Å². The Kier molecular flexibility index (Phi) is 4.65. The predicted octanol–water partition coefficient (Wildman–Crippen LogP) is 3.38. The lowest BCUT2D eigenvalue weighted by Gasteiger charge is -2.36. The molecule has 3 heterocycles. The minimum absolute atomic E-state index is 0.0281. The molecule has 0 bridgehead atoms. The zero-order valence-corrected chi connectivity index (χ0v) is 14.7. The largest absolute Gasteiger partial charge is 0.368 e. The zero-order chi connectivity index (χ0) is 18.6. The molecule has 4 rings (SSSR count). The van der Waals surface area contributed by atoms with Crippen LogP contribution in [0.2, 0.25) is 0 Å². The molecule has 2 aromatic heterocycles. The molecule has 1 aromatic carbocycles. The number of piperazine rings is 1. The minimum atomic E-state index is -0.375. The van der Waals surface area contributed by atoms with Gasteiger partial charge in [-0.1, -0.05) is 30.3 Å². The quantitative estimate of drug-likeness (QED) is 0.524. The fourth-order valence-electron chi connectivity index (χ4n) is 3.32. The van der Waals surface area contributed by atoms with E-state index in [1.54, 1.807) is 24.5 Å². The highest BCUT2D eigenvalue weighted by Gasteiger charge is 2.22. The molecule has 1 saturated heterocycles. The monoisotopic (exact) mass is 361 g/mol. The molecule has 136 valence electrons. The molecule has 27 heavy (non-hydrogen) atoms. The van der Waals surface area contributed by atoms with Crippen molar-refractivity contribution < 1.29 is 4.92 Å². The number of hydrogen-bond acceptors (Lipinski definition) is 6. The molecular formula is C20H19N5O2.